The van der Waals surface area contributed by atoms with E-state index in [0.717, 1.165) is 12.8 Å². The van der Waals surface area contributed by atoms with Crippen LogP contribution in [0.25, 0.3) is 0 Å². The second kappa shape index (κ2) is 7.20. The third kappa shape index (κ3) is 4.55. The molecule has 0 aliphatic heterocycles. The standard InChI is InChI=1S/C16H21FN2O2/c1-11-6-7-12(17)10-14(11)16(21)18-9-8-15(20)19-13-4-2-3-5-13/h6-7,10,13H,2-5,8-9H2,1H3,(H,18,21)(H,19,20). The fourth-order valence-electron chi connectivity index (χ4n) is 2.59. The van der Waals surface area contributed by atoms with Gasteiger partial charge in [0.2, 0.25) is 5.91 Å². The quantitative estimate of drug-likeness (QED) is 0.875. The minimum absolute atomic E-state index is 0.0434. The molecule has 1 aliphatic carbocycles. The molecule has 0 atom stereocenters. The maximum absolute atomic E-state index is 13.1. The zero-order chi connectivity index (χ0) is 15.2. The van der Waals surface area contributed by atoms with Crippen LogP contribution in [0.15, 0.2) is 18.2 Å². The zero-order valence-electron chi connectivity index (χ0n) is 12.2. The lowest BCUT2D eigenvalue weighted by Crippen LogP contribution is -2.35. The molecule has 2 amide bonds. The van der Waals surface area contributed by atoms with E-state index in [-0.39, 0.29) is 24.8 Å². The lowest BCUT2D eigenvalue weighted by atomic mass is 10.1. The molecule has 1 fully saturated rings. The summed E-state index contributed by atoms with van der Waals surface area (Å²) in [5, 5.41) is 5.62. The average molecular weight is 292 g/mol. The van der Waals surface area contributed by atoms with Gasteiger partial charge in [0.15, 0.2) is 0 Å². The summed E-state index contributed by atoms with van der Waals surface area (Å²) in [4.78, 5) is 23.6. The van der Waals surface area contributed by atoms with Crippen LogP contribution in [0.5, 0.6) is 0 Å². The van der Waals surface area contributed by atoms with E-state index in [1.54, 1.807) is 13.0 Å². The Bertz CT molecular complexity index is 525. The van der Waals surface area contributed by atoms with Crippen molar-refractivity contribution in [1.29, 1.82) is 0 Å². The summed E-state index contributed by atoms with van der Waals surface area (Å²) < 4.78 is 13.1. The minimum Gasteiger partial charge on any atom is -0.353 e. The number of benzene rings is 1. The van der Waals surface area contributed by atoms with Crippen molar-refractivity contribution in [2.45, 2.75) is 45.1 Å². The number of aryl methyl sites for hydroxylation is 1. The summed E-state index contributed by atoms with van der Waals surface area (Å²) in [6, 6.07) is 4.39. The predicted octanol–water partition coefficient (Wildman–Crippen LogP) is 2.31. The molecule has 0 radical (unpaired) electrons. The van der Waals surface area contributed by atoms with Gasteiger partial charge in [0.1, 0.15) is 5.82 Å². The molecule has 2 rings (SSSR count). The molecule has 0 spiro atoms. The van der Waals surface area contributed by atoms with Gasteiger partial charge in [-0.3, -0.25) is 9.59 Å². The monoisotopic (exact) mass is 292 g/mol. The summed E-state index contributed by atoms with van der Waals surface area (Å²) in [6.45, 7) is 2.01. The molecule has 1 saturated carbocycles. The first-order valence-corrected chi connectivity index (χ1v) is 7.40. The van der Waals surface area contributed by atoms with E-state index in [9.17, 15) is 14.0 Å². The molecule has 1 aromatic carbocycles. The van der Waals surface area contributed by atoms with E-state index in [0.29, 0.717) is 17.2 Å². The number of rotatable bonds is 5. The van der Waals surface area contributed by atoms with Crippen LogP contribution in [-0.4, -0.2) is 24.4 Å². The van der Waals surface area contributed by atoms with E-state index in [2.05, 4.69) is 10.6 Å². The summed E-state index contributed by atoms with van der Waals surface area (Å²) in [5.41, 5.74) is 1.02. The van der Waals surface area contributed by atoms with Crippen LogP contribution in [0, 0.1) is 12.7 Å². The highest BCUT2D eigenvalue weighted by Gasteiger charge is 2.17. The molecular weight excluding hydrogens is 271 g/mol. The number of amides is 2. The van der Waals surface area contributed by atoms with E-state index >= 15 is 0 Å². The highest BCUT2D eigenvalue weighted by atomic mass is 19.1. The van der Waals surface area contributed by atoms with Gasteiger partial charge in [0.05, 0.1) is 0 Å². The van der Waals surface area contributed by atoms with Gasteiger partial charge >= 0.3 is 0 Å². The molecule has 5 heteroatoms. The summed E-state index contributed by atoms with van der Waals surface area (Å²) in [7, 11) is 0. The van der Waals surface area contributed by atoms with Crippen LogP contribution in [0.4, 0.5) is 4.39 Å². The van der Waals surface area contributed by atoms with Gasteiger partial charge in [-0.2, -0.15) is 0 Å². The van der Waals surface area contributed by atoms with E-state index in [4.69, 9.17) is 0 Å². The number of halogens is 1. The first-order valence-electron chi connectivity index (χ1n) is 7.40. The Hall–Kier alpha value is -1.91. The molecule has 4 nitrogen and oxygen atoms in total. The lowest BCUT2D eigenvalue weighted by molar-refractivity contribution is -0.121. The van der Waals surface area contributed by atoms with Crippen LogP contribution in [0.1, 0.15) is 48.0 Å². The smallest absolute Gasteiger partial charge is 0.251 e. The second-order valence-corrected chi connectivity index (χ2v) is 5.51. The number of nitrogens with one attached hydrogen (secondary N) is 2. The van der Waals surface area contributed by atoms with Gasteiger partial charge < -0.3 is 10.6 Å². The number of carbonyl (C=O) groups is 2. The predicted molar refractivity (Wildman–Crippen MR) is 78.5 cm³/mol. The first-order chi connectivity index (χ1) is 10.1. The maximum Gasteiger partial charge on any atom is 0.251 e. The molecule has 1 aliphatic rings. The first kappa shape index (κ1) is 15.5. The van der Waals surface area contributed by atoms with Crippen LogP contribution in [-0.2, 0) is 4.79 Å². The molecule has 0 saturated heterocycles. The summed E-state index contributed by atoms with van der Waals surface area (Å²) in [6.07, 6.45) is 4.67. The van der Waals surface area contributed by atoms with Crippen molar-refractivity contribution in [3.05, 3.63) is 35.1 Å². The van der Waals surface area contributed by atoms with E-state index in [1.807, 2.05) is 0 Å². The van der Waals surface area contributed by atoms with Crippen molar-refractivity contribution in [1.82, 2.24) is 10.6 Å². The lowest BCUT2D eigenvalue weighted by Gasteiger charge is -2.12. The molecule has 0 bridgehead atoms. The summed E-state index contributed by atoms with van der Waals surface area (Å²) in [5.74, 6) is -0.830. The molecule has 1 aromatic rings. The van der Waals surface area contributed by atoms with E-state index < -0.39 is 5.82 Å². The van der Waals surface area contributed by atoms with Gasteiger partial charge in [-0.15, -0.1) is 0 Å². The second-order valence-electron chi connectivity index (χ2n) is 5.51. The van der Waals surface area contributed by atoms with Gasteiger partial charge in [-0.05, 0) is 37.5 Å². The highest BCUT2D eigenvalue weighted by molar-refractivity contribution is 5.95. The molecule has 2 N–H and O–H groups in total. The third-order valence-corrected chi connectivity index (χ3v) is 3.80. The van der Waals surface area contributed by atoms with Crippen LogP contribution < -0.4 is 10.6 Å². The Labute approximate surface area is 124 Å². The normalized spacial score (nSPS) is 15.0. The van der Waals surface area contributed by atoms with E-state index in [1.165, 1.54) is 25.0 Å². The topological polar surface area (TPSA) is 58.2 Å². The number of carbonyl (C=O) groups excluding carboxylic acids is 2. The molecule has 114 valence electrons. The molecule has 0 aromatic heterocycles. The molecule has 0 heterocycles. The fraction of sp³-hybridized carbons (Fsp3) is 0.500. The molecule has 0 unspecified atom stereocenters. The van der Waals surface area contributed by atoms with Crippen molar-refractivity contribution in [3.8, 4) is 0 Å². The minimum atomic E-state index is -0.440. The Morgan fingerprint density at radius 3 is 2.71 bits per heavy atom. The van der Waals surface area contributed by atoms with Crippen LogP contribution in [0.3, 0.4) is 0 Å². The summed E-state index contributed by atoms with van der Waals surface area (Å²) >= 11 is 0. The number of hydrogen-bond acceptors (Lipinski definition) is 2. The zero-order valence-corrected chi connectivity index (χ0v) is 12.2. The Morgan fingerprint density at radius 2 is 2.00 bits per heavy atom. The van der Waals surface area contributed by atoms with Crippen LogP contribution in [0.2, 0.25) is 0 Å². The Balaban J connectivity index is 1.76. The Kier molecular flexibility index (Phi) is 5.31. The van der Waals surface area contributed by atoms with Crippen molar-refractivity contribution >= 4 is 11.8 Å². The maximum atomic E-state index is 13.1. The van der Waals surface area contributed by atoms with Gasteiger partial charge in [-0.25, -0.2) is 4.39 Å². The van der Waals surface area contributed by atoms with Crippen molar-refractivity contribution < 1.29 is 14.0 Å². The largest absolute Gasteiger partial charge is 0.353 e. The Morgan fingerprint density at radius 1 is 1.29 bits per heavy atom. The third-order valence-electron chi connectivity index (χ3n) is 3.80. The average Bonchev–Trinajstić information content (AvgIpc) is 2.94. The van der Waals surface area contributed by atoms with Crippen molar-refractivity contribution in [2.24, 2.45) is 0 Å². The molecule has 21 heavy (non-hydrogen) atoms. The van der Waals surface area contributed by atoms with Crippen LogP contribution >= 0.6 is 0 Å². The molecular formula is C16H21FN2O2. The van der Waals surface area contributed by atoms with Crippen molar-refractivity contribution in [3.63, 3.8) is 0 Å². The van der Waals surface area contributed by atoms with Gasteiger partial charge in [0.25, 0.3) is 5.91 Å². The SMILES string of the molecule is Cc1ccc(F)cc1C(=O)NCCC(=O)NC1CCCC1. The highest BCUT2D eigenvalue weighted by Crippen LogP contribution is 2.17. The van der Waals surface area contributed by atoms with Crippen molar-refractivity contribution in [2.75, 3.05) is 6.54 Å². The van der Waals surface area contributed by atoms with Gasteiger partial charge in [0, 0.05) is 24.6 Å². The van der Waals surface area contributed by atoms with Gasteiger partial charge in [-0.1, -0.05) is 18.9 Å². The fourth-order valence-corrected chi connectivity index (χ4v) is 2.59. The number of hydrogen-bond donors (Lipinski definition) is 2.